The van der Waals surface area contributed by atoms with Crippen LogP contribution in [-0.4, -0.2) is 31.9 Å². The van der Waals surface area contributed by atoms with E-state index in [1.54, 1.807) is 4.57 Å². The quantitative estimate of drug-likeness (QED) is 0.651. The molecule has 1 fully saturated rings. The topological polar surface area (TPSA) is 42.5 Å². The molecule has 2 aromatic heterocycles. The molecule has 1 aliphatic heterocycles. The van der Waals surface area contributed by atoms with Crippen molar-refractivity contribution in [1.82, 2.24) is 18.9 Å². The van der Waals surface area contributed by atoms with Crippen LogP contribution in [0, 0.1) is 6.92 Å². The maximum Gasteiger partial charge on any atom is 0.294 e. The normalized spacial score (nSPS) is 16.1. The minimum absolute atomic E-state index is 0.0214. The van der Waals surface area contributed by atoms with Crippen molar-refractivity contribution in [1.29, 1.82) is 0 Å². The molecule has 0 amide bonds. The van der Waals surface area contributed by atoms with Gasteiger partial charge in [0.25, 0.3) is 5.56 Å². The number of fused-ring (bicyclic) bond motifs is 1. The largest absolute Gasteiger partial charge is 0.311 e. The lowest BCUT2D eigenvalue weighted by Crippen LogP contribution is -2.33. The van der Waals surface area contributed by atoms with Gasteiger partial charge in [-0.15, -0.1) is 0 Å². The SMILES string of the molecule is CCCCn1ccn2c(CN3CCC(c4ccccc4)CC3)c(C)nc2c1=O. The highest BCUT2D eigenvalue weighted by Crippen LogP contribution is 2.28. The standard InChI is InChI=1S/C23H30N4O/c1-3-4-12-26-15-16-27-21(18(2)24-22(27)23(26)28)17-25-13-10-20(11-14-25)19-8-6-5-7-9-19/h5-9,15-16,20H,3-4,10-14,17H2,1-2H3. The molecule has 3 aromatic rings. The Labute approximate surface area is 166 Å². The number of benzene rings is 1. The van der Waals surface area contributed by atoms with Crippen LogP contribution in [0.15, 0.2) is 47.5 Å². The van der Waals surface area contributed by atoms with Gasteiger partial charge in [0.15, 0.2) is 0 Å². The van der Waals surface area contributed by atoms with E-state index in [2.05, 4.69) is 47.1 Å². The number of aryl methyl sites for hydroxylation is 2. The van der Waals surface area contributed by atoms with Gasteiger partial charge in [-0.25, -0.2) is 4.98 Å². The third-order valence-corrected chi connectivity index (χ3v) is 6.04. The van der Waals surface area contributed by atoms with Gasteiger partial charge in [0, 0.05) is 25.5 Å². The summed E-state index contributed by atoms with van der Waals surface area (Å²) in [5.74, 6) is 0.659. The van der Waals surface area contributed by atoms with Crippen LogP contribution in [0.4, 0.5) is 0 Å². The molecule has 0 radical (unpaired) electrons. The van der Waals surface area contributed by atoms with Gasteiger partial charge in [-0.2, -0.15) is 0 Å². The summed E-state index contributed by atoms with van der Waals surface area (Å²) in [5, 5.41) is 0. The smallest absolute Gasteiger partial charge is 0.294 e. The molecule has 0 bridgehead atoms. The van der Waals surface area contributed by atoms with E-state index in [-0.39, 0.29) is 5.56 Å². The first-order valence-electron chi connectivity index (χ1n) is 10.5. The molecule has 4 rings (SSSR count). The Morgan fingerprint density at radius 2 is 1.86 bits per heavy atom. The van der Waals surface area contributed by atoms with E-state index in [0.29, 0.717) is 11.6 Å². The van der Waals surface area contributed by atoms with Gasteiger partial charge in [-0.3, -0.25) is 14.1 Å². The Morgan fingerprint density at radius 1 is 1.11 bits per heavy atom. The highest BCUT2D eigenvalue weighted by molar-refractivity contribution is 5.41. The maximum absolute atomic E-state index is 12.8. The van der Waals surface area contributed by atoms with Gasteiger partial charge in [0.05, 0.1) is 11.4 Å². The number of aromatic nitrogens is 3. The van der Waals surface area contributed by atoms with Gasteiger partial charge < -0.3 is 4.57 Å². The molecule has 28 heavy (non-hydrogen) atoms. The molecule has 0 unspecified atom stereocenters. The van der Waals surface area contributed by atoms with Crippen LogP contribution < -0.4 is 5.56 Å². The van der Waals surface area contributed by atoms with Gasteiger partial charge in [-0.05, 0) is 50.8 Å². The van der Waals surface area contributed by atoms with Crippen molar-refractivity contribution < 1.29 is 0 Å². The minimum Gasteiger partial charge on any atom is -0.311 e. The fourth-order valence-electron chi connectivity index (χ4n) is 4.29. The van der Waals surface area contributed by atoms with E-state index >= 15 is 0 Å². The summed E-state index contributed by atoms with van der Waals surface area (Å²) in [6, 6.07) is 10.9. The molecule has 0 spiro atoms. The number of hydrogen-bond donors (Lipinski definition) is 0. The second kappa shape index (κ2) is 8.31. The molecule has 0 saturated carbocycles. The number of unbranched alkanes of at least 4 members (excludes halogenated alkanes) is 1. The van der Waals surface area contributed by atoms with Crippen LogP contribution in [0.3, 0.4) is 0 Å². The molecule has 1 saturated heterocycles. The molecule has 1 aromatic carbocycles. The zero-order valence-corrected chi connectivity index (χ0v) is 17.0. The molecule has 1 aliphatic rings. The minimum atomic E-state index is 0.0214. The summed E-state index contributed by atoms with van der Waals surface area (Å²) in [6.07, 6.45) is 8.39. The third kappa shape index (κ3) is 3.76. The first kappa shape index (κ1) is 18.9. The number of nitrogens with zero attached hydrogens (tertiary/aromatic N) is 4. The number of imidazole rings is 1. The van der Waals surface area contributed by atoms with E-state index in [1.165, 1.54) is 18.4 Å². The molecule has 0 aliphatic carbocycles. The van der Waals surface area contributed by atoms with E-state index in [9.17, 15) is 4.79 Å². The van der Waals surface area contributed by atoms with Crippen molar-refractivity contribution in [3.8, 4) is 0 Å². The van der Waals surface area contributed by atoms with Gasteiger partial charge in [0.1, 0.15) is 0 Å². The number of piperidine rings is 1. The predicted molar refractivity (Wildman–Crippen MR) is 113 cm³/mol. The van der Waals surface area contributed by atoms with E-state index in [0.717, 1.165) is 50.4 Å². The molecule has 0 atom stereocenters. The maximum atomic E-state index is 12.8. The second-order valence-electron chi connectivity index (χ2n) is 7.95. The number of likely N-dealkylation sites (tertiary alicyclic amines) is 1. The van der Waals surface area contributed by atoms with Crippen LogP contribution >= 0.6 is 0 Å². The third-order valence-electron chi connectivity index (χ3n) is 6.04. The lowest BCUT2D eigenvalue weighted by molar-refractivity contribution is 0.201. The summed E-state index contributed by atoms with van der Waals surface area (Å²) in [7, 11) is 0. The van der Waals surface area contributed by atoms with Crippen molar-refractivity contribution in [3.05, 3.63) is 70.0 Å². The first-order chi connectivity index (χ1) is 13.7. The summed E-state index contributed by atoms with van der Waals surface area (Å²) in [4.78, 5) is 19.9. The Balaban J connectivity index is 1.49. The Kier molecular flexibility index (Phi) is 5.62. The fourth-order valence-corrected chi connectivity index (χ4v) is 4.29. The highest BCUT2D eigenvalue weighted by atomic mass is 16.1. The Bertz CT molecular complexity index is 981. The van der Waals surface area contributed by atoms with Gasteiger partial charge in [0.2, 0.25) is 5.65 Å². The number of hydrogen-bond acceptors (Lipinski definition) is 3. The lowest BCUT2D eigenvalue weighted by atomic mass is 9.89. The molecule has 148 valence electrons. The van der Waals surface area contributed by atoms with Crippen LogP contribution in [-0.2, 0) is 13.1 Å². The first-order valence-corrected chi connectivity index (χ1v) is 10.5. The summed E-state index contributed by atoms with van der Waals surface area (Å²) in [5.41, 5.74) is 4.16. The predicted octanol–water partition coefficient (Wildman–Crippen LogP) is 3.98. The molecular formula is C23H30N4O. The van der Waals surface area contributed by atoms with Crippen LogP contribution in [0.25, 0.3) is 5.65 Å². The van der Waals surface area contributed by atoms with Crippen LogP contribution in [0.1, 0.15) is 55.5 Å². The zero-order valence-electron chi connectivity index (χ0n) is 17.0. The van der Waals surface area contributed by atoms with E-state index in [1.807, 2.05) is 23.7 Å². The van der Waals surface area contributed by atoms with Crippen molar-refractivity contribution in [3.63, 3.8) is 0 Å². The molecule has 5 heteroatoms. The Hall–Kier alpha value is -2.40. The average Bonchev–Trinajstić information content (AvgIpc) is 3.05. The van der Waals surface area contributed by atoms with Crippen molar-refractivity contribution in [2.75, 3.05) is 13.1 Å². The summed E-state index contributed by atoms with van der Waals surface area (Å²) < 4.78 is 3.80. The molecule has 0 N–H and O–H groups in total. The number of rotatable bonds is 6. The monoisotopic (exact) mass is 378 g/mol. The average molecular weight is 379 g/mol. The zero-order chi connectivity index (χ0) is 19.5. The summed E-state index contributed by atoms with van der Waals surface area (Å²) >= 11 is 0. The summed E-state index contributed by atoms with van der Waals surface area (Å²) in [6.45, 7) is 7.95. The van der Waals surface area contributed by atoms with E-state index < -0.39 is 0 Å². The highest BCUT2D eigenvalue weighted by Gasteiger charge is 2.22. The Morgan fingerprint density at radius 3 is 2.57 bits per heavy atom. The van der Waals surface area contributed by atoms with Gasteiger partial charge >= 0.3 is 0 Å². The molecule has 5 nitrogen and oxygen atoms in total. The second-order valence-corrected chi connectivity index (χ2v) is 7.95. The molecule has 3 heterocycles. The van der Waals surface area contributed by atoms with Crippen LogP contribution in [0.5, 0.6) is 0 Å². The van der Waals surface area contributed by atoms with Crippen molar-refractivity contribution in [2.45, 2.75) is 58.5 Å². The molecular weight excluding hydrogens is 348 g/mol. The van der Waals surface area contributed by atoms with E-state index in [4.69, 9.17) is 0 Å². The lowest BCUT2D eigenvalue weighted by Gasteiger charge is -2.32. The van der Waals surface area contributed by atoms with Crippen molar-refractivity contribution >= 4 is 5.65 Å². The van der Waals surface area contributed by atoms with Gasteiger partial charge in [-0.1, -0.05) is 43.7 Å². The van der Waals surface area contributed by atoms with Crippen molar-refractivity contribution in [2.24, 2.45) is 0 Å². The van der Waals surface area contributed by atoms with Crippen LogP contribution in [0.2, 0.25) is 0 Å². The fraction of sp³-hybridized carbons (Fsp3) is 0.478.